The summed E-state index contributed by atoms with van der Waals surface area (Å²) in [5, 5.41) is 5.01. The highest BCUT2D eigenvalue weighted by atomic mass is 14.9. The maximum absolute atomic E-state index is 5.16. The first-order valence-electron chi connectivity index (χ1n) is 22.5. The van der Waals surface area contributed by atoms with Crippen molar-refractivity contribution < 1.29 is 0 Å². The molecule has 0 unspecified atom stereocenters. The van der Waals surface area contributed by atoms with Crippen LogP contribution in [-0.2, 0) is 5.41 Å². The molecule has 2 nitrogen and oxygen atoms in total. The van der Waals surface area contributed by atoms with Crippen molar-refractivity contribution in [2.24, 2.45) is 0 Å². The minimum absolute atomic E-state index is 0.0881. The Bertz CT molecular complexity index is 3570. The van der Waals surface area contributed by atoms with Gasteiger partial charge < -0.3 is 0 Å². The molecule has 0 atom stereocenters. The number of benzene rings is 10. The molecular formula is C63H44N2. The lowest BCUT2D eigenvalue weighted by molar-refractivity contribution is 0.661. The molecular weight excluding hydrogens is 785 g/mol. The lowest BCUT2D eigenvalue weighted by atomic mass is 9.81. The van der Waals surface area contributed by atoms with Crippen LogP contribution >= 0.6 is 0 Å². The lowest BCUT2D eigenvalue weighted by Crippen LogP contribution is -2.14. The second kappa shape index (κ2) is 15.6. The summed E-state index contributed by atoms with van der Waals surface area (Å²) in [6, 6.07) is 83.3. The van der Waals surface area contributed by atoms with Gasteiger partial charge in [0.05, 0.1) is 11.4 Å². The maximum atomic E-state index is 5.16. The minimum atomic E-state index is -0.0881. The highest BCUT2D eigenvalue weighted by molar-refractivity contribution is 6.05. The van der Waals surface area contributed by atoms with Gasteiger partial charge in [-0.05, 0) is 107 Å². The topological polar surface area (TPSA) is 25.8 Å². The van der Waals surface area contributed by atoms with E-state index < -0.39 is 0 Å². The summed E-state index contributed by atoms with van der Waals surface area (Å²) in [6.07, 6.45) is 0. The zero-order valence-corrected chi connectivity index (χ0v) is 36.3. The average molecular weight is 829 g/mol. The van der Waals surface area contributed by atoms with Crippen LogP contribution in [0, 0.1) is 0 Å². The zero-order valence-electron chi connectivity index (χ0n) is 36.3. The van der Waals surface area contributed by atoms with Crippen molar-refractivity contribution in [2.45, 2.75) is 19.3 Å². The van der Waals surface area contributed by atoms with Gasteiger partial charge in [-0.15, -0.1) is 0 Å². The second-order valence-electron chi connectivity index (χ2n) is 17.7. The first-order chi connectivity index (χ1) is 32.0. The van der Waals surface area contributed by atoms with E-state index in [1.165, 1.54) is 82.7 Å². The van der Waals surface area contributed by atoms with Crippen molar-refractivity contribution in [1.29, 1.82) is 0 Å². The summed E-state index contributed by atoms with van der Waals surface area (Å²) in [7, 11) is 0. The van der Waals surface area contributed by atoms with E-state index in [2.05, 4.69) is 220 Å². The van der Waals surface area contributed by atoms with E-state index in [0.717, 1.165) is 33.6 Å². The maximum Gasteiger partial charge on any atom is 0.160 e. The van der Waals surface area contributed by atoms with Gasteiger partial charge in [-0.25, -0.2) is 9.97 Å². The van der Waals surface area contributed by atoms with Crippen molar-refractivity contribution in [3.63, 3.8) is 0 Å². The molecule has 0 aliphatic heterocycles. The minimum Gasteiger partial charge on any atom is -0.228 e. The Morgan fingerprint density at radius 2 is 0.785 bits per heavy atom. The van der Waals surface area contributed by atoms with E-state index in [1.807, 2.05) is 24.3 Å². The molecule has 306 valence electrons. The average Bonchev–Trinajstić information content (AvgIpc) is 3.60. The molecule has 1 aliphatic rings. The first-order valence-corrected chi connectivity index (χ1v) is 22.5. The molecule has 0 bridgehead atoms. The molecule has 2 heteroatoms. The Hall–Kier alpha value is -8.20. The third-order valence-electron chi connectivity index (χ3n) is 13.5. The Morgan fingerprint density at radius 1 is 0.292 bits per heavy atom. The molecule has 0 saturated carbocycles. The van der Waals surface area contributed by atoms with E-state index in [1.54, 1.807) is 0 Å². The van der Waals surface area contributed by atoms with Gasteiger partial charge in [0, 0.05) is 22.1 Å². The molecule has 11 aromatic rings. The van der Waals surface area contributed by atoms with Gasteiger partial charge in [-0.2, -0.15) is 0 Å². The Labute approximate surface area is 380 Å². The predicted molar refractivity (Wildman–Crippen MR) is 273 cm³/mol. The van der Waals surface area contributed by atoms with Crippen molar-refractivity contribution in [3.05, 3.63) is 242 Å². The summed E-state index contributed by atoms with van der Waals surface area (Å²) < 4.78 is 0. The van der Waals surface area contributed by atoms with Gasteiger partial charge >= 0.3 is 0 Å². The fraction of sp³-hybridized carbons (Fsp3) is 0.0476. The van der Waals surface area contributed by atoms with Crippen molar-refractivity contribution in [1.82, 2.24) is 9.97 Å². The van der Waals surface area contributed by atoms with Crippen LogP contribution in [0.1, 0.15) is 25.0 Å². The highest BCUT2D eigenvalue weighted by Gasteiger charge is 2.37. The smallest absolute Gasteiger partial charge is 0.160 e. The van der Waals surface area contributed by atoms with E-state index in [0.29, 0.717) is 5.82 Å². The van der Waals surface area contributed by atoms with Crippen LogP contribution in [0.15, 0.2) is 231 Å². The molecule has 0 N–H and O–H groups in total. The normalized spacial score (nSPS) is 12.6. The SMILES string of the molecule is CC1(C)c2cc3ccccc3cc2-c2c(-c3ccc(-c4ccc5ccccc5c4-c4ccc(-c5cc(-c6ccc(-c7ccccc7)cc6)nc(-c6ccccc6)n5)cc4)cc3)cccc21. The van der Waals surface area contributed by atoms with E-state index >= 15 is 0 Å². The molecule has 1 heterocycles. The van der Waals surface area contributed by atoms with E-state index in [9.17, 15) is 0 Å². The molecule has 1 aromatic heterocycles. The number of rotatable bonds is 7. The zero-order chi connectivity index (χ0) is 43.5. The van der Waals surface area contributed by atoms with Gasteiger partial charge in [-0.3, -0.25) is 0 Å². The van der Waals surface area contributed by atoms with Crippen LogP contribution in [-0.4, -0.2) is 9.97 Å². The van der Waals surface area contributed by atoms with Gasteiger partial charge in [0.25, 0.3) is 0 Å². The molecule has 0 fully saturated rings. The monoisotopic (exact) mass is 828 g/mol. The van der Waals surface area contributed by atoms with Crippen molar-refractivity contribution >= 4 is 21.5 Å². The Balaban J connectivity index is 0.922. The van der Waals surface area contributed by atoms with Crippen LogP contribution < -0.4 is 0 Å². The predicted octanol–water partition coefficient (Wildman–Crippen LogP) is 16.8. The molecule has 0 spiro atoms. The Kier molecular flexibility index (Phi) is 9.21. The van der Waals surface area contributed by atoms with Crippen LogP contribution in [0.4, 0.5) is 0 Å². The third-order valence-corrected chi connectivity index (χ3v) is 13.5. The van der Waals surface area contributed by atoms with Gasteiger partial charge in [-0.1, -0.05) is 226 Å². The molecule has 0 amide bonds. The summed E-state index contributed by atoms with van der Waals surface area (Å²) in [6.45, 7) is 4.73. The summed E-state index contributed by atoms with van der Waals surface area (Å²) in [5.74, 6) is 0.705. The summed E-state index contributed by atoms with van der Waals surface area (Å²) >= 11 is 0. The van der Waals surface area contributed by atoms with Crippen molar-refractivity contribution in [3.8, 4) is 89.5 Å². The highest BCUT2D eigenvalue weighted by Crippen LogP contribution is 2.53. The molecule has 1 aliphatic carbocycles. The molecule has 0 saturated heterocycles. The summed E-state index contributed by atoms with van der Waals surface area (Å²) in [4.78, 5) is 10.3. The number of hydrogen-bond acceptors (Lipinski definition) is 2. The quantitative estimate of drug-likeness (QED) is 0.160. The van der Waals surface area contributed by atoms with Gasteiger partial charge in [0.2, 0.25) is 0 Å². The number of fused-ring (bicyclic) bond motifs is 5. The van der Waals surface area contributed by atoms with Crippen LogP contribution in [0.3, 0.4) is 0 Å². The van der Waals surface area contributed by atoms with E-state index in [4.69, 9.17) is 9.97 Å². The van der Waals surface area contributed by atoms with Gasteiger partial charge in [0.15, 0.2) is 5.82 Å². The molecule has 0 radical (unpaired) electrons. The molecule has 10 aromatic carbocycles. The van der Waals surface area contributed by atoms with Crippen molar-refractivity contribution in [2.75, 3.05) is 0 Å². The summed E-state index contributed by atoms with van der Waals surface area (Å²) in [5.41, 5.74) is 19.9. The van der Waals surface area contributed by atoms with Crippen LogP contribution in [0.5, 0.6) is 0 Å². The molecule has 12 rings (SSSR count). The van der Waals surface area contributed by atoms with E-state index in [-0.39, 0.29) is 5.41 Å². The third kappa shape index (κ3) is 6.74. The fourth-order valence-electron chi connectivity index (χ4n) is 10.1. The van der Waals surface area contributed by atoms with Gasteiger partial charge in [0.1, 0.15) is 0 Å². The molecule has 65 heavy (non-hydrogen) atoms. The Morgan fingerprint density at radius 3 is 1.43 bits per heavy atom. The lowest BCUT2D eigenvalue weighted by Gasteiger charge is -2.22. The number of nitrogens with zero attached hydrogens (tertiary/aromatic N) is 2. The number of hydrogen-bond donors (Lipinski definition) is 0. The second-order valence-corrected chi connectivity index (χ2v) is 17.7. The van der Waals surface area contributed by atoms with Crippen LogP contribution in [0.25, 0.3) is 111 Å². The standard InChI is InChI=1S/C63H44N2/c1-63(2)56-23-13-22-53(61(56)55-38-50-19-9-10-20-51(50)39-57(55)63)44-26-28-45(29-27-44)54-37-36-43-16-11-12-21-52(43)60(54)48-34-32-47(33-35-48)59-40-58(64-62(65-59)49-17-7-4-8-18-49)46-30-24-42(25-31-46)41-14-5-3-6-15-41/h3-40H,1-2H3. The fourth-order valence-corrected chi connectivity index (χ4v) is 10.1. The van der Waals surface area contributed by atoms with Crippen LogP contribution in [0.2, 0.25) is 0 Å². The first kappa shape index (κ1) is 38.5. The number of aromatic nitrogens is 2. The largest absolute Gasteiger partial charge is 0.228 e.